The average Bonchev–Trinajstić information content (AvgIpc) is 3.07. The average molecular weight is 306 g/mol. The van der Waals surface area contributed by atoms with Crippen molar-refractivity contribution >= 4 is 11.8 Å². The first-order chi connectivity index (χ1) is 10.7. The van der Waals surface area contributed by atoms with Crippen LogP contribution >= 0.6 is 0 Å². The highest BCUT2D eigenvalue weighted by molar-refractivity contribution is 5.90. The Labute approximate surface area is 134 Å². The Kier molecular flexibility index (Phi) is 4.74. The van der Waals surface area contributed by atoms with Crippen LogP contribution in [0.2, 0.25) is 0 Å². The monoisotopic (exact) mass is 306 g/mol. The summed E-state index contributed by atoms with van der Waals surface area (Å²) >= 11 is 0. The number of hydrogen-bond donors (Lipinski definition) is 0. The number of carbonyl (C=O) groups is 2. The molecule has 3 rings (SSSR count). The van der Waals surface area contributed by atoms with Gasteiger partial charge in [-0.05, 0) is 43.9 Å². The van der Waals surface area contributed by atoms with Crippen LogP contribution in [0.25, 0.3) is 0 Å². The molecule has 4 nitrogen and oxygen atoms in total. The van der Waals surface area contributed by atoms with Gasteiger partial charge in [0.1, 0.15) is 6.04 Å². The van der Waals surface area contributed by atoms with Crippen molar-refractivity contribution in [3.8, 4) is 0 Å². The van der Waals surface area contributed by atoms with Crippen molar-refractivity contribution in [2.45, 2.75) is 64.8 Å². The fourth-order valence-electron chi connectivity index (χ4n) is 4.39. The summed E-state index contributed by atoms with van der Waals surface area (Å²) in [5.41, 5.74) is 0. The summed E-state index contributed by atoms with van der Waals surface area (Å²) in [6, 6.07) is -0.159. The van der Waals surface area contributed by atoms with E-state index in [2.05, 4.69) is 13.8 Å². The van der Waals surface area contributed by atoms with Crippen LogP contribution in [0.15, 0.2) is 0 Å². The van der Waals surface area contributed by atoms with Crippen LogP contribution in [-0.2, 0) is 9.59 Å². The molecule has 124 valence electrons. The zero-order valence-corrected chi connectivity index (χ0v) is 14.1. The van der Waals surface area contributed by atoms with Crippen molar-refractivity contribution < 1.29 is 9.59 Å². The van der Waals surface area contributed by atoms with E-state index in [1.807, 2.05) is 9.80 Å². The van der Waals surface area contributed by atoms with Gasteiger partial charge in [0.2, 0.25) is 11.8 Å². The second kappa shape index (κ2) is 6.59. The van der Waals surface area contributed by atoms with Crippen molar-refractivity contribution in [3.63, 3.8) is 0 Å². The zero-order valence-electron chi connectivity index (χ0n) is 14.1. The first-order valence-electron chi connectivity index (χ1n) is 9.24. The highest BCUT2D eigenvalue weighted by Crippen LogP contribution is 2.35. The molecule has 0 bridgehead atoms. The van der Waals surface area contributed by atoms with Crippen molar-refractivity contribution in [1.82, 2.24) is 9.80 Å². The topological polar surface area (TPSA) is 40.6 Å². The molecule has 0 unspecified atom stereocenters. The molecule has 1 aliphatic carbocycles. The predicted octanol–water partition coefficient (Wildman–Crippen LogP) is 2.67. The lowest BCUT2D eigenvalue weighted by Crippen LogP contribution is -2.47. The van der Waals surface area contributed by atoms with Crippen molar-refractivity contribution in [1.29, 1.82) is 0 Å². The Morgan fingerprint density at radius 1 is 1.00 bits per heavy atom. The normalized spacial score (nSPS) is 28.7. The minimum absolute atomic E-state index is 0.159. The fourth-order valence-corrected chi connectivity index (χ4v) is 4.39. The van der Waals surface area contributed by atoms with Crippen LogP contribution in [-0.4, -0.2) is 47.3 Å². The summed E-state index contributed by atoms with van der Waals surface area (Å²) in [6.07, 6.45) is 7.45. The van der Waals surface area contributed by atoms with E-state index in [0.29, 0.717) is 5.92 Å². The molecule has 2 heterocycles. The number of carbonyl (C=O) groups excluding carboxylic acids is 2. The molecule has 22 heavy (non-hydrogen) atoms. The van der Waals surface area contributed by atoms with Crippen molar-refractivity contribution in [2.24, 2.45) is 17.8 Å². The molecule has 3 aliphatic rings. The zero-order chi connectivity index (χ0) is 15.7. The van der Waals surface area contributed by atoms with Gasteiger partial charge in [-0.2, -0.15) is 0 Å². The maximum atomic E-state index is 12.9. The molecule has 0 aromatic rings. The molecule has 0 aromatic carbocycles. The number of amides is 2. The van der Waals surface area contributed by atoms with Crippen LogP contribution in [0.1, 0.15) is 58.8 Å². The predicted molar refractivity (Wildman–Crippen MR) is 86.2 cm³/mol. The van der Waals surface area contributed by atoms with E-state index < -0.39 is 0 Å². The summed E-state index contributed by atoms with van der Waals surface area (Å²) in [5, 5.41) is 0. The van der Waals surface area contributed by atoms with Gasteiger partial charge in [0, 0.05) is 25.6 Å². The molecular formula is C18H30N2O2. The SMILES string of the molecule is CCC(CC)[C@@H]1CCN(C(=O)[C@H]2CCCN2C(=O)C2CC2)C1. The minimum atomic E-state index is -0.159. The van der Waals surface area contributed by atoms with Gasteiger partial charge in [-0.1, -0.05) is 26.7 Å². The molecule has 0 aromatic heterocycles. The van der Waals surface area contributed by atoms with Gasteiger partial charge in [0.05, 0.1) is 0 Å². The van der Waals surface area contributed by atoms with Gasteiger partial charge in [-0.15, -0.1) is 0 Å². The third-order valence-corrected chi connectivity index (χ3v) is 6.00. The van der Waals surface area contributed by atoms with Crippen molar-refractivity contribution in [2.75, 3.05) is 19.6 Å². The van der Waals surface area contributed by atoms with Gasteiger partial charge in [-0.3, -0.25) is 9.59 Å². The summed E-state index contributed by atoms with van der Waals surface area (Å²) < 4.78 is 0. The molecule has 2 aliphatic heterocycles. The molecule has 0 radical (unpaired) electrons. The van der Waals surface area contributed by atoms with E-state index in [1.165, 1.54) is 12.8 Å². The highest BCUT2D eigenvalue weighted by Gasteiger charge is 2.43. The first kappa shape index (κ1) is 15.8. The van der Waals surface area contributed by atoms with Gasteiger partial charge < -0.3 is 9.80 Å². The Balaban J connectivity index is 1.60. The summed E-state index contributed by atoms with van der Waals surface area (Å²) in [4.78, 5) is 29.2. The van der Waals surface area contributed by atoms with Crippen LogP contribution in [0.4, 0.5) is 0 Å². The Morgan fingerprint density at radius 2 is 1.73 bits per heavy atom. The molecule has 1 saturated carbocycles. The molecular weight excluding hydrogens is 276 g/mol. The minimum Gasteiger partial charge on any atom is -0.341 e. The standard InChI is InChI=1S/C18H30N2O2/c1-3-13(4-2)15-9-11-19(12-15)18(22)16-6-5-10-20(16)17(21)14-7-8-14/h13-16H,3-12H2,1-2H3/t15-,16-/m1/s1. The molecule has 4 heteroatoms. The second-order valence-electron chi connectivity index (χ2n) is 7.37. The summed E-state index contributed by atoms with van der Waals surface area (Å²) in [7, 11) is 0. The third-order valence-electron chi connectivity index (χ3n) is 6.00. The Morgan fingerprint density at radius 3 is 2.36 bits per heavy atom. The van der Waals surface area contributed by atoms with Crippen LogP contribution in [0.3, 0.4) is 0 Å². The van der Waals surface area contributed by atoms with E-state index in [1.54, 1.807) is 0 Å². The molecule has 0 spiro atoms. The Bertz CT molecular complexity index is 429. The number of rotatable bonds is 5. The number of likely N-dealkylation sites (tertiary alicyclic amines) is 2. The molecule has 2 atom stereocenters. The lowest BCUT2D eigenvalue weighted by Gasteiger charge is -2.28. The number of hydrogen-bond acceptors (Lipinski definition) is 2. The fraction of sp³-hybridized carbons (Fsp3) is 0.889. The van der Waals surface area contributed by atoms with Gasteiger partial charge >= 0.3 is 0 Å². The highest BCUT2D eigenvalue weighted by atomic mass is 16.2. The molecule has 0 N–H and O–H groups in total. The molecule has 3 fully saturated rings. The number of nitrogens with zero attached hydrogens (tertiary/aromatic N) is 2. The third kappa shape index (κ3) is 3.02. The van der Waals surface area contributed by atoms with Gasteiger partial charge in [0.15, 0.2) is 0 Å². The van der Waals surface area contributed by atoms with Crippen LogP contribution < -0.4 is 0 Å². The smallest absolute Gasteiger partial charge is 0.245 e. The van der Waals surface area contributed by atoms with E-state index in [0.717, 1.165) is 57.7 Å². The van der Waals surface area contributed by atoms with E-state index >= 15 is 0 Å². The lowest BCUT2D eigenvalue weighted by atomic mass is 9.87. The quantitative estimate of drug-likeness (QED) is 0.783. The summed E-state index contributed by atoms with van der Waals surface area (Å²) in [5.74, 6) is 2.09. The van der Waals surface area contributed by atoms with Gasteiger partial charge in [-0.25, -0.2) is 0 Å². The molecule has 2 amide bonds. The van der Waals surface area contributed by atoms with Crippen LogP contribution in [0, 0.1) is 17.8 Å². The lowest BCUT2D eigenvalue weighted by molar-refractivity contribution is -0.144. The van der Waals surface area contributed by atoms with E-state index in [-0.39, 0.29) is 23.8 Å². The van der Waals surface area contributed by atoms with Crippen molar-refractivity contribution in [3.05, 3.63) is 0 Å². The maximum absolute atomic E-state index is 12.9. The molecule has 2 saturated heterocycles. The van der Waals surface area contributed by atoms with E-state index in [9.17, 15) is 9.59 Å². The summed E-state index contributed by atoms with van der Waals surface area (Å²) in [6.45, 7) is 7.10. The van der Waals surface area contributed by atoms with Gasteiger partial charge in [0.25, 0.3) is 0 Å². The maximum Gasteiger partial charge on any atom is 0.245 e. The second-order valence-corrected chi connectivity index (χ2v) is 7.37. The Hall–Kier alpha value is -1.06. The van der Waals surface area contributed by atoms with E-state index in [4.69, 9.17) is 0 Å². The first-order valence-corrected chi connectivity index (χ1v) is 9.24. The van der Waals surface area contributed by atoms with Crippen LogP contribution in [0.5, 0.6) is 0 Å². The largest absolute Gasteiger partial charge is 0.341 e.